The Hall–Kier alpha value is -2.77. The van der Waals surface area contributed by atoms with E-state index >= 15 is 0 Å². The van der Waals surface area contributed by atoms with Gasteiger partial charge in [0.15, 0.2) is 0 Å². The van der Waals surface area contributed by atoms with Crippen LogP contribution < -0.4 is 24.8 Å². The zero-order chi connectivity index (χ0) is 18.6. The zero-order valence-corrected chi connectivity index (χ0v) is 16.0. The second-order valence-corrected chi connectivity index (χ2v) is 6.24. The molecule has 0 aliphatic rings. The second-order valence-electron chi connectivity index (χ2n) is 6.24. The summed E-state index contributed by atoms with van der Waals surface area (Å²) >= 11 is 0. The maximum Gasteiger partial charge on any atom is 0.233 e. The third kappa shape index (κ3) is 4.62. The van der Waals surface area contributed by atoms with Gasteiger partial charge >= 0.3 is 0 Å². The van der Waals surface area contributed by atoms with Crippen molar-refractivity contribution >= 4 is 23.5 Å². The van der Waals surface area contributed by atoms with Gasteiger partial charge in [-0.2, -0.15) is 15.0 Å². The van der Waals surface area contributed by atoms with Gasteiger partial charge in [0, 0.05) is 40.9 Å². The minimum atomic E-state index is 0.566. The van der Waals surface area contributed by atoms with Gasteiger partial charge in [0.1, 0.15) is 5.75 Å². The van der Waals surface area contributed by atoms with Gasteiger partial charge < -0.3 is 24.8 Å². The molecule has 2 rings (SSSR count). The summed E-state index contributed by atoms with van der Waals surface area (Å²) in [6.45, 7) is 2.61. The second kappa shape index (κ2) is 7.87. The van der Waals surface area contributed by atoms with Crippen LogP contribution in [0.1, 0.15) is 5.56 Å². The first kappa shape index (κ1) is 18.6. The van der Waals surface area contributed by atoms with Crippen molar-refractivity contribution in [1.82, 2.24) is 15.0 Å². The number of ether oxygens (including phenoxy) is 1. The molecule has 1 aromatic carbocycles. The molecule has 0 fully saturated rings. The molecule has 2 aromatic rings. The molecule has 8 nitrogen and oxygen atoms in total. The average Bonchev–Trinajstić information content (AvgIpc) is 2.59. The van der Waals surface area contributed by atoms with Crippen molar-refractivity contribution in [3.8, 4) is 5.75 Å². The highest BCUT2D eigenvalue weighted by molar-refractivity contribution is 5.54. The Bertz CT molecular complexity index is 692. The molecule has 1 aromatic heterocycles. The topological polar surface area (TPSA) is 69.7 Å². The maximum atomic E-state index is 5.24. The van der Waals surface area contributed by atoms with Gasteiger partial charge in [0.05, 0.1) is 13.8 Å². The monoisotopic (exact) mass is 345 g/mol. The maximum absolute atomic E-state index is 5.24. The Labute approximate surface area is 149 Å². The lowest BCUT2D eigenvalue weighted by Gasteiger charge is -2.22. The number of aryl methyl sites for hydroxylation is 1. The number of benzene rings is 1. The standard InChI is InChI=1S/C17H27N7O/c1-12-10-13(25-7)8-9-14(12)18-11-24(6)17-20-15(22(2)3)19-16(21-17)23(4)5/h8-10,18H,11H2,1-7H3. The van der Waals surface area contributed by atoms with E-state index in [1.54, 1.807) is 7.11 Å². The van der Waals surface area contributed by atoms with Gasteiger partial charge in [-0.3, -0.25) is 0 Å². The molecule has 25 heavy (non-hydrogen) atoms. The molecule has 0 amide bonds. The van der Waals surface area contributed by atoms with Crippen molar-refractivity contribution in [2.45, 2.75) is 6.92 Å². The number of nitrogens with zero attached hydrogens (tertiary/aromatic N) is 6. The van der Waals surface area contributed by atoms with Gasteiger partial charge in [-0.05, 0) is 30.7 Å². The fraction of sp³-hybridized carbons (Fsp3) is 0.471. The molecular formula is C17H27N7O. The van der Waals surface area contributed by atoms with E-state index < -0.39 is 0 Å². The van der Waals surface area contributed by atoms with Crippen molar-refractivity contribution in [3.05, 3.63) is 23.8 Å². The summed E-state index contributed by atoms with van der Waals surface area (Å²) in [6, 6.07) is 5.94. The Morgan fingerprint density at radius 1 is 0.920 bits per heavy atom. The molecule has 0 saturated carbocycles. The van der Waals surface area contributed by atoms with Crippen LogP contribution in [0.5, 0.6) is 5.75 Å². The fourth-order valence-electron chi connectivity index (χ4n) is 2.15. The van der Waals surface area contributed by atoms with E-state index in [0.717, 1.165) is 17.0 Å². The first-order valence-corrected chi connectivity index (χ1v) is 8.02. The number of hydrogen-bond donors (Lipinski definition) is 1. The predicted octanol–water partition coefficient (Wildman–Crippen LogP) is 1.83. The molecule has 8 heteroatoms. The van der Waals surface area contributed by atoms with E-state index in [4.69, 9.17) is 4.74 Å². The van der Waals surface area contributed by atoms with Gasteiger partial charge in [-0.25, -0.2) is 0 Å². The quantitative estimate of drug-likeness (QED) is 0.762. The molecule has 0 bridgehead atoms. The minimum absolute atomic E-state index is 0.566. The molecule has 1 N–H and O–H groups in total. The number of hydrogen-bond acceptors (Lipinski definition) is 8. The Balaban J connectivity index is 2.16. The highest BCUT2D eigenvalue weighted by atomic mass is 16.5. The van der Waals surface area contributed by atoms with Crippen LogP contribution in [0.25, 0.3) is 0 Å². The predicted molar refractivity (Wildman–Crippen MR) is 103 cm³/mol. The molecule has 1 heterocycles. The lowest BCUT2D eigenvalue weighted by atomic mass is 10.2. The van der Waals surface area contributed by atoms with Crippen LogP contribution in [0, 0.1) is 6.92 Å². The molecule has 0 spiro atoms. The van der Waals surface area contributed by atoms with E-state index in [1.165, 1.54) is 0 Å². The van der Waals surface area contributed by atoms with Gasteiger partial charge in [-0.1, -0.05) is 0 Å². The van der Waals surface area contributed by atoms with Gasteiger partial charge in [-0.15, -0.1) is 0 Å². The highest BCUT2D eigenvalue weighted by Gasteiger charge is 2.13. The van der Waals surface area contributed by atoms with Crippen molar-refractivity contribution in [2.75, 3.05) is 69.0 Å². The number of anilines is 4. The van der Waals surface area contributed by atoms with Gasteiger partial charge in [0.25, 0.3) is 0 Å². The SMILES string of the molecule is COc1ccc(NCN(C)c2nc(N(C)C)nc(N(C)C)n2)c(C)c1. The Kier molecular flexibility index (Phi) is 5.84. The normalized spacial score (nSPS) is 10.4. The number of rotatable bonds is 7. The summed E-state index contributed by atoms with van der Waals surface area (Å²) in [6.07, 6.45) is 0. The van der Waals surface area contributed by atoms with E-state index in [1.807, 2.05) is 75.1 Å². The molecule has 0 atom stereocenters. The van der Waals surface area contributed by atoms with E-state index in [0.29, 0.717) is 24.5 Å². The lowest BCUT2D eigenvalue weighted by molar-refractivity contribution is 0.414. The smallest absolute Gasteiger partial charge is 0.233 e. The summed E-state index contributed by atoms with van der Waals surface area (Å²) in [5.74, 6) is 2.71. The third-order valence-electron chi connectivity index (χ3n) is 3.68. The van der Waals surface area contributed by atoms with Crippen LogP contribution in [0.4, 0.5) is 23.5 Å². The molecule has 0 saturated heterocycles. The minimum Gasteiger partial charge on any atom is -0.497 e. The Morgan fingerprint density at radius 2 is 1.48 bits per heavy atom. The summed E-state index contributed by atoms with van der Waals surface area (Å²) in [5.41, 5.74) is 2.16. The van der Waals surface area contributed by atoms with Crippen molar-refractivity contribution in [2.24, 2.45) is 0 Å². The zero-order valence-electron chi connectivity index (χ0n) is 16.0. The van der Waals surface area contributed by atoms with Crippen LogP contribution in [0.2, 0.25) is 0 Å². The largest absolute Gasteiger partial charge is 0.497 e. The summed E-state index contributed by atoms with van der Waals surface area (Å²) in [4.78, 5) is 19.2. The average molecular weight is 345 g/mol. The van der Waals surface area contributed by atoms with Crippen molar-refractivity contribution in [3.63, 3.8) is 0 Å². The molecule has 0 unspecified atom stereocenters. The lowest BCUT2D eigenvalue weighted by Crippen LogP contribution is -2.29. The molecule has 0 radical (unpaired) electrons. The molecular weight excluding hydrogens is 318 g/mol. The third-order valence-corrected chi connectivity index (χ3v) is 3.68. The van der Waals surface area contributed by atoms with Crippen LogP contribution >= 0.6 is 0 Å². The van der Waals surface area contributed by atoms with Crippen molar-refractivity contribution in [1.29, 1.82) is 0 Å². The summed E-state index contributed by atoms with van der Waals surface area (Å²) in [5, 5.41) is 3.40. The van der Waals surface area contributed by atoms with Crippen LogP contribution in [-0.2, 0) is 0 Å². The van der Waals surface area contributed by atoms with Crippen LogP contribution in [-0.4, -0.2) is 64.0 Å². The van der Waals surface area contributed by atoms with E-state index in [2.05, 4.69) is 20.3 Å². The first-order chi connectivity index (χ1) is 11.8. The van der Waals surface area contributed by atoms with Crippen LogP contribution in [0.15, 0.2) is 18.2 Å². The summed E-state index contributed by atoms with van der Waals surface area (Å²) in [7, 11) is 11.3. The fourth-order valence-corrected chi connectivity index (χ4v) is 2.15. The molecule has 0 aliphatic heterocycles. The number of nitrogens with one attached hydrogen (secondary N) is 1. The first-order valence-electron chi connectivity index (χ1n) is 8.02. The van der Waals surface area contributed by atoms with E-state index in [9.17, 15) is 0 Å². The molecule has 136 valence electrons. The Morgan fingerprint density at radius 3 is 1.96 bits per heavy atom. The van der Waals surface area contributed by atoms with Crippen LogP contribution in [0.3, 0.4) is 0 Å². The van der Waals surface area contributed by atoms with E-state index in [-0.39, 0.29) is 0 Å². The summed E-state index contributed by atoms with van der Waals surface area (Å²) < 4.78 is 5.24. The number of methoxy groups -OCH3 is 1. The highest BCUT2D eigenvalue weighted by Crippen LogP contribution is 2.21. The van der Waals surface area contributed by atoms with Crippen molar-refractivity contribution < 1.29 is 4.74 Å². The molecule has 0 aliphatic carbocycles. The number of aromatic nitrogens is 3. The van der Waals surface area contributed by atoms with Gasteiger partial charge in [0.2, 0.25) is 17.8 Å².